The Balaban J connectivity index is 3.19. The zero-order valence-electron chi connectivity index (χ0n) is 11.2. The zero-order valence-corrected chi connectivity index (χ0v) is 12.0. The van der Waals surface area contributed by atoms with Crippen molar-refractivity contribution in [1.82, 2.24) is 0 Å². The Labute approximate surface area is 108 Å². The molecule has 0 bridgehead atoms. The molecule has 0 heterocycles. The van der Waals surface area contributed by atoms with Gasteiger partial charge in [0.2, 0.25) is 0 Å². The molecule has 1 aromatic rings. The van der Waals surface area contributed by atoms with Crippen molar-refractivity contribution in [3.8, 4) is 11.5 Å². The molecular formula is C13H21NO2S. The Morgan fingerprint density at radius 2 is 1.76 bits per heavy atom. The van der Waals surface area contributed by atoms with Crippen LogP contribution in [-0.4, -0.2) is 26.0 Å². The third-order valence-electron chi connectivity index (χ3n) is 2.43. The van der Waals surface area contributed by atoms with Crippen molar-refractivity contribution in [1.29, 1.82) is 0 Å². The van der Waals surface area contributed by atoms with Crippen LogP contribution in [0.5, 0.6) is 11.5 Å². The van der Waals surface area contributed by atoms with Gasteiger partial charge < -0.3 is 15.2 Å². The number of benzene rings is 1. The maximum atomic E-state index is 6.05. The van der Waals surface area contributed by atoms with E-state index in [1.165, 1.54) is 0 Å². The second-order valence-corrected chi connectivity index (χ2v) is 5.53. The fraction of sp³-hybridized carbons (Fsp3) is 0.538. The molecule has 1 rings (SSSR count). The second kappa shape index (κ2) is 5.65. The van der Waals surface area contributed by atoms with Crippen LogP contribution >= 0.6 is 11.8 Å². The van der Waals surface area contributed by atoms with Crippen molar-refractivity contribution in [3.05, 3.63) is 17.7 Å². The lowest BCUT2D eigenvalue weighted by atomic mass is 9.95. The van der Waals surface area contributed by atoms with E-state index < -0.39 is 0 Å². The van der Waals surface area contributed by atoms with Gasteiger partial charge in [0, 0.05) is 5.54 Å². The van der Waals surface area contributed by atoms with E-state index in [-0.39, 0.29) is 5.54 Å². The fourth-order valence-electron chi connectivity index (χ4n) is 1.72. The number of nitrogens with two attached hydrogens (primary N) is 1. The minimum absolute atomic E-state index is 0.265. The molecule has 0 aliphatic rings. The van der Waals surface area contributed by atoms with Crippen molar-refractivity contribution in [2.75, 3.05) is 20.5 Å². The van der Waals surface area contributed by atoms with Gasteiger partial charge in [0.1, 0.15) is 11.5 Å². The lowest BCUT2D eigenvalue weighted by molar-refractivity contribution is 0.385. The molecule has 96 valence electrons. The Bertz CT molecular complexity index is 386. The van der Waals surface area contributed by atoms with Crippen LogP contribution < -0.4 is 15.2 Å². The lowest BCUT2D eigenvalue weighted by Gasteiger charge is -2.21. The molecule has 0 aromatic heterocycles. The summed E-state index contributed by atoms with van der Waals surface area (Å²) in [5, 5.41) is 0. The molecule has 0 aliphatic heterocycles. The average Bonchev–Trinajstić information content (AvgIpc) is 2.26. The highest BCUT2D eigenvalue weighted by Crippen LogP contribution is 2.35. The Kier molecular flexibility index (Phi) is 4.71. The average molecular weight is 255 g/mol. The maximum Gasteiger partial charge on any atom is 0.132 e. The number of ether oxygens (including phenoxy) is 2. The van der Waals surface area contributed by atoms with E-state index >= 15 is 0 Å². The minimum atomic E-state index is -0.265. The second-order valence-electron chi connectivity index (χ2n) is 4.68. The number of methoxy groups -OCH3 is 2. The summed E-state index contributed by atoms with van der Waals surface area (Å²) in [5.74, 6) is 1.74. The Morgan fingerprint density at radius 3 is 2.18 bits per heavy atom. The lowest BCUT2D eigenvalue weighted by Crippen LogP contribution is -2.34. The fourth-order valence-corrected chi connectivity index (χ4v) is 2.29. The first-order valence-corrected chi connectivity index (χ1v) is 6.71. The summed E-state index contributed by atoms with van der Waals surface area (Å²) in [6, 6.07) is 4.02. The SMILES string of the molecule is COc1cc(SC)c(OC)cc1CC(C)(C)N. The molecule has 0 amide bonds. The molecule has 17 heavy (non-hydrogen) atoms. The number of hydrogen-bond acceptors (Lipinski definition) is 4. The number of thioether (sulfide) groups is 1. The molecule has 0 unspecified atom stereocenters. The van der Waals surface area contributed by atoms with Crippen LogP contribution in [0.15, 0.2) is 17.0 Å². The predicted octanol–water partition coefficient (Wildman–Crippen LogP) is 2.71. The van der Waals surface area contributed by atoms with E-state index in [9.17, 15) is 0 Å². The highest BCUT2D eigenvalue weighted by atomic mass is 32.2. The van der Waals surface area contributed by atoms with Crippen LogP contribution in [0.1, 0.15) is 19.4 Å². The minimum Gasteiger partial charge on any atom is -0.496 e. The largest absolute Gasteiger partial charge is 0.496 e. The standard InChI is InChI=1S/C13H21NO2S/c1-13(2,14)8-9-6-11(16-4)12(17-5)7-10(9)15-3/h6-7H,8,14H2,1-5H3. The highest BCUT2D eigenvalue weighted by molar-refractivity contribution is 7.98. The number of rotatable bonds is 5. The monoisotopic (exact) mass is 255 g/mol. The highest BCUT2D eigenvalue weighted by Gasteiger charge is 2.17. The van der Waals surface area contributed by atoms with Gasteiger partial charge in [-0.05, 0) is 44.2 Å². The molecule has 0 saturated carbocycles. The van der Waals surface area contributed by atoms with Crippen LogP contribution in [0.4, 0.5) is 0 Å². The molecule has 1 aromatic carbocycles. The molecule has 0 aliphatic carbocycles. The zero-order chi connectivity index (χ0) is 13.1. The van der Waals surface area contributed by atoms with Crippen LogP contribution in [0.3, 0.4) is 0 Å². The molecular weight excluding hydrogens is 234 g/mol. The van der Waals surface area contributed by atoms with E-state index in [2.05, 4.69) is 0 Å². The Morgan fingerprint density at radius 1 is 1.18 bits per heavy atom. The van der Waals surface area contributed by atoms with E-state index in [0.717, 1.165) is 28.4 Å². The van der Waals surface area contributed by atoms with Gasteiger partial charge in [0.05, 0.1) is 19.1 Å². The van der Waals surface area contributed by atoms with Gasteiger partial charge in [0.15, 0.2) is 0 Å². The van der Waals surface area contributed by atoms with Crippen LogP contribution in [0, 0.1) is 0 Å². The van der Waals surface area contributed by atoms with Gasteiger partial charge in [-0.15, -0.1) is 11.8 Å². The van der Waals surface area contributed by atoms with Gasteiger partial charge in [-0.1, -0.05) is 0 Å². The summed E-state index contributed by atoms with van der Waals surface area (Å²) in [5.41, 5.74) is 6.87. The maximum absolute atomic E-state index is 6.05. The van der Waals surface area contributed by atoms with E-state index in [1.807, 2.05) is 32.2 Å². The molecule has 4 heteroatoms. The summed E-state index contributed by atoms with van der Waals surface area (Å²) in [6.07, 6.45) is 2.77. The van der Waals surface area contributed by atoms with Crippen LogP contribution in [-0.2, 0) is 6.42 Å². The summed E-state index contributed by atoms with van der Waals surface area (Å²) in [4.78, 5) is 1.07. The van der Waals surface area contributed by atoms with Gasteiger partial charge in [-0.2, -0.15) is 0 Å². The third kappa shape index (κ3) is 3.82. The first kappa shape index (κ1) is 14.2. The van der Waals surface area contributed by atoms with E-state index in [4.69, 9.17) is 15.2 Å². The van der Waals surface area contributed by atoms with Gasteiger partial charge in [-0.25, -0.2) is 0 Å². The van der Waals surface area contributed by atoms with Gasteiger partial charge in [-0.3, -0.25) is 0 Å². The molecule has 2 N–H and O–H groups in total. The van der Waals surface area contributed by atoms with Crippen molar-refractivity contribution < 1.29 is 9.47 Å². The molecule has 0 spiro atoms. The summed E-state index contributed by atoms with van der Waals surface area (Å²) < 4.78 is 10.8. The third-order valence-corrected chi connectivity index (χ3v) is 3.19. The topological polar surface area (TPSA) is 44.5 Å². The molecule has 0 atom stereocenters. The van der Waals surface area contributed by atoms with Crippen molar-refractivity contribution in [2.24, 2.45) is 5.73 Å². The Hall–Kier alpha value is -0.870. The van der Waals surface area contributed by atoms with Crippen LogP contribution in [0.2, 0.25) is 0 Å². The molecule has 0 fully saturated rings. The molecule has 0 radical (unpaired) electrons. The van der Waals surface area contributed by atoms with Crippen molar-refractivity contribution >= 4 is 11.8 Å². The molecule has 3 nitrogen and oxygen atoms in total. The van der Waals surface area contributed by atoms with Crippen molar-refractivity contribution in [2.45, 2.75) is 30.7 Å². The summed E-state index contributed by atoms with van der Waals surface area (Å²) >= 11 is 1.64. The number of hydrogen-bond donors (Lipinski definition) is 1. The predicted molar refractivity (Wildman–Crippen MR) is 73.3 cm³/mol. The smallest absolute Gasteiger partial charge is 0.132 e. The summed E-state index contributed by atoms with van der Waals surface area (Å²) in [6.45, 7) is 4.00. The first-order chi connectivity index (χ1) is 7.91. The van der Waals surface area contributed by atoms with Crippen molar-refractivity contribution in [3.63, 3.8) is 0 Å². The quantitative estimate of drug-likeness (QED) is 0.822. The van der Waals surface area contributed by atoms with E-state index in [1.54, 1.807) is 26.0 Å². The van der Waals surface area contributed by atoms with Crippen LogP contribution in [0.25, 0.3) is 0 Å². The first-order valence-electron chi connectivity index (χ1n) is 5.49. The normalized spacial score (nSPS) is 11.4. The van der Waals surface area contributed by atoms with E-state index in [0.29, 0.717) is 0 Å². The summed E-state index contributed by atoms with van der Waals surface area (Å²) in [7, 11) is 3.36. The molecule has 0 saturated heterocycles. The van der Waals surface area contributed by atoms with Gasteiger partial charge in [0.25, 0.3) is 0 Å². The van der Waals surface area contributed by atoms with Gasteiger partial charge >= 0.3 is 0 Å².